The number of aryl methyl sites for hydroxylation is 1. The predicted octanol–water partition coefficient (Wildman–Crippen LogP) is 2.03. The fourth-order valence-electron chi connectivity index (χ4n) is 5.57. The minimum atomic E-state index is 0.490. The van der Waals surface area contributed by atoms with Crippen molar-refractivity contribution in [3.8, 4) is 0 Å². The Kier molecular flexibility index (Phi) is 2.53. The molecule has 104 valence electrons. The lowest BCUT2D eigenvalue weighted by Gasteiger charge is -2.56. The summed E-state index contributed by atoms with van der Waals surface area (Å²) >= 11 is 0. The van der Waals surface area contributed by atoms with Crippen LogP contribution in [0.2, 0.25) is 0 Å². The van der Waals surface area contributed by atoms with Crippen LogP contribution in [0.4, 0.5) is 0 Å². The Morgan fingerprint density at radius 2 is 1.74 bits per heavy atom. The van der Waals surface area contributed by atoms with E-state index in [1.807, 2.05) is 11.7 Å². The van der Waals surface area contributed by atoms with Crippen LogP contribution in [0.25, 0.3) is 0 Å². The third-order valence-corrected chi connectivity index (χ3v) is 5.78. The van der Waals surface area contributed by atoms with Gasteiger partial charge in [-0.05, 0) is 61.7 Å². The molecule has 5 rings (SSSR count). The molecule has 4 fully saturated rings. The highest BCUT2D eigenvalue weighted by Crippen LogP contribution is 2.60. The summed E-state index contributed by atoms with van der Waals surface area (Å²) in [5.41, 5.74) is 6.23. The van der Waals surface area contributed by atoms with Crippen molar-refractivity contribution in [2.45, 2.75) is 51.5 Å². The molecule has 0 atom stereocenters. The smallest absolute Gasteiger partial charge is 0.151 e. The van der Waals surface area contributed by atoms with Crippen LogP contribution in [0.5, 0.6) is 0 Å². The molecule has 2 N–H and O–H groups in total. The van der Waals surface area contributed by atoms with Gasteiger partial charge in [0.15, 0.2) is 5.82 Å². The summed E-state index contributed by atoms with van der Waals surface area (Å²) in [4.78, 5) is 4.63. The van der Waals surface area contributed by atoms with Gasteiger partial charge in [0.05, 0.1) is 6.54 Å². The zero-order valence-electron chi connectivity index (χ0n) is 11.8. The van der Waals surface area contributed by atoms with E-state index in [0.29, 0.717) is 12.0 Å². The zero-order valence-corrected chi connectivity index (χ0v) is 11.8. The Balaban J connectivity index is 1.58. The van der Waals surface area contributed by atoms with Crippen molar-refractivity contribution in [2.24, 2.45) is 36.0 Å². The van der Waals surface area contributed by atoms with Gasteiger partial charge in [-0.25, -0.2) is 4.98 Å². The number of aromatic nitrogens is 3. The molecule has 0 unspecified atom stereocenters. The predicted molar refractivity (Wildman–Crippen MR) is 73.2 cm³/mol. The van der Waals surface area contributed by atoms with Gasteiger partial charge in [-0.1, -0.05) is 0 Å². The molecule has 0 saturated heterocycles. The molecule has 19 heavy (non-hydrogen) atoms. The first-order chi connectivity index (χ1) is 9.16. The van der Waals surface area contributed by atoms with Crippen molar-refractivity contribution in [1.82, 2.24) is 14.8 Å². The molecule has 0 spiro atoms. The molecule has 4 saturated carbocycles. The minimum Gasteiger partial charge on any atom is -0.324 e. The molecule has 1 aromatic heterocycles. The Morgan fingerprint density at radius 1 is 1.16 bits per heavy atom. The van der Waals surface area contributed by atoms with Gasteiger partial charge >= 0.3 is 0 Å². The van der Waals surface area contributed by atoms with Crippen molar-refractivity contribution >= 4 is 0 Å². The molecule has 4 nitrogen and oxygen atoms in total. The Labute approximate surface area is 114 Å². The highest BCUT2D eigenvalue weighted by Gasteiger charge is 2.51. The van der Waals surface area contributed by atoms with Crippen molar-refractivity contribution in [1.29, 1.82) is 0 Å². The summed E-state index contributed by atoms with van der Waals surface area (Å²) in [7, 11) is 1.96. The van der Waals surface area contributed by atoms with E-state index < -0.39 is 0 Å². The van der Waals surface area contributed by atoms with Crippen molar-refractivity contribution in [3.63, 3.8) is 0 Å². The van der Waals surface area contributed by atoms with Gasteiger partial charge in [-0.2, -0.15) is 5.10 Å². The van der Waals surface area contributed by atoms with E-state index in [2.05, 4.69) is 10.1 Å². The standard InChI is InChI=1S/C15H24N4/c1-19-14(9-16)17-13(18-19)8-15-5-10-2-11(6-15)4-12(3-10)7-15/h10-12H,2-9,16H2,1H3. The van der Waals surface area contributed by atoms with Gasteiger partial charge < -0.3 is 5.73 Å². The summed E-state index contributed by atoms with van der Waals surface area (Å²) in [6.07, 6.45) is 9.87. The molecule has 4 aliphatic carbocycles. The van der Waals surface area contributed by atoms with Crippen molar-refractivity contribution in [3.05, 3.63) is 11.6 Å². The molecule has 1 aromatic rings. The average Bonchev–Trinajstić information content (AvgIpc) is 2.66. The quantitative estimate of drug-likeness (QED) is 0.904. The summed E-state index contributed by atoms with van der Waals surface area (Å²) in [6.45, 7) is 0.490. The normalized spacial score (nSPS) is 40.0. The summed E-state index contributed by atoms with van der Waals surface area (Å²) < 4.78 is 1.86. The minimum absolute atomic E-state index is 0.490. The van der Waals surface area contributed by atoms with Crippen LogP contribution in [-0.4, -0.2) is 14.8 Å². The van der Waals surface area contributed by atoms with E-state index >= 15 is 0 Å². The molecule has 4 bridgehead atoms. The van der Waals surface area contributed by atoms with E-state index in [4.69, 9.17) is 5.73 Å². The van der Waals surface area contributed by atoms with Crippen LogP contribution < -0.4 is 5.73 Å². The fraction of sp³-hybridized carbons (Fsp3) is 0.867. The summed E-state index contributed by atoms with van der Waals surface area (Å²) in [6, 6.07) is 0. The Bertz CT molecular complexity index is 455. The second-order valence-electron chi connectivity index (χ2n) is 7.37. The number of nitrogens with two attached hydrogens (primary N) is 1. The van der Waals surface area contributed by atoms with E-state index in [1.54, 1.807) is 0 Å². The van der Waals surface area contributed by atoms with Gasteiger partial charge in [0.2, 0.25) is 0 Å². The number of nitrogens with zero attached hydrogens (tertiary/aromatic N) is 3. The van der Waals surface area contributed by atoms with Gasteiger partial charge in [0.25, 0.3) is 0 Å². The maximum Gasteiger partial charge on any atom is 0.151 e. The van der Waals surface area contributed by atoms with Crippen molar-refractivity contribution in [2.75, 3.05) is 0 Å². The molecule has 1 heterocycles. The van der Waals surface area contributed by atoms with Crippen LogP contribution in [0, 0.1) is 23.2 Å². The molecule has 0 amide bonds. The first-order valence-corrected chi connectivity index (χ1v) is 7.75. The highest BCUT2D eigenvalue weighted by atomic mass is 15.3. The molecular formula is C15H24N4. The maximum atomic E-state index is 5.70. The van der Waals surface area contributed by atoms with Crippen LogP contribution in [-0.2, 0) is 20.0 Å². The fourth-order valence-corrected chi connectivity index (χ4v) is 5.57. The van der Waals surface area contributed by atoms with Crippen LogP contribution in [0.15, 0.2) is 0 Å². The van der Waals surface area contributed by atoms with Gasteiger partial charge in [0, 0.05) is 13.5 Å². The number of hydrogen-bond donors (Lipinski definition) is 1. The Morgan fingerprint density at radius 3 is 2.21 bits per heavy atom. The monoisotopic (exact) mass is 260 g/mol. The van der Waals surface area contributed by atoms with E-state index in [-0.39, 0.29) is 0 Å². The first-order valence-electron chi connectivity index (χ1n) is 7.75. The van der Waals surface area contributed by atoms with E-state index in [9.17, 15) is 0 Å². The molecule has 4 heteroatoms. The summed E-state index contributed by atoms with van der Waals surface area (Å²) in [5.74, 6) is 4.96. The van der Waals surface area contributed by atoms with Crippen molar-refractivity contribution < 1.29 is 0 Å². The van der Waals surface area contributed by atoms with Gasteiger partial charge in [-0.15, -0.1) is 0 Å². The lowest BCUT2D eigenvalue weighted by atomic mass is 9.49. The first kappa shape index (κ1) is 11.9. The topological polar surface area (TPSA) is 56.7 Å². The lowest BCUT2D eigenvalue weighted by Crippen LogP contribution is -2.47. The molecular weight excluding hydrogens is 236 g/mol. The molecule has 0 aromatic carbocycles. The molecule has 0 aliphatic heterocycles. The van der Waals surface area contributed by atoms with Gasteiger partial charge in [-0.3, -0.25) is 4.68 Å². The third-order valence-electron chi connectivity index (χ3n) is 5.78. The zero-order chi connectivity index (χ0) is 13.0. The molecule has 0 radical (unpaired) electrons. The maximum absolute atomic E-state index is 5.70. The van der Waals surface area contributed by atoms with Crippen LogP contribution >= 0.6 is 0 Å². The number of hydrogen-bond acceptors (Lipinski definition) is 3. The second kappa shape index (κ2) is 4.05. The second-order valence-corrected chi connectivity index (χ2v) is 7.37. The Hall–Kier alpha value is -0.900. The molecule has 4 aliphatic rings. The summed E-state index contributed by atoms with van der Waals surface area (Å²) in [5, 5.41) is 4.58. The van der Waals surface area contributed by atoms with Gasteiger partial charge in [0.1, 0.15) is 5.82 Å². The van der Waals surface area contributed by atoms with Crippen LogP contribution in [0.3, 0.4) is 0 Å². The average molecular weight is 260 g/mol. The van der Waals surface area contributed by atoms with E-state index in [1.165, 1.54) is 38.5 Å². The largest absolute Gasteiger partial charge is 0.324 e. The number of rotatable bonds is 3. The lowest BCUT2D eigenvalue weighted by molar-refractivity contribution is -0.0531. The van der Waals surface area contributed by atoms with Crippen LogP contribution in [0.1, 0.15) is 50.2 Å². The SMILES string of the molecule is Cn1nc(CC23CC4CC(CC(C4)C2)C3)nc1CN. The van der Waals surface area contributed by atoms with E-state index in [0.717, 1.165) is 35.8 Å². The third kappa shape index (κ3) is 1.92. The highest BCUT2D eigenvalue weighted by molar-refractivity contribution is 5.06.